The maximum Gasteiger partial charge on any atom is 0.238 e. The van der Waals surface area contributed by atoms with E-state index >= 15 is 0 Å². The Hall–Kier alpha value is -7.61. The van der Waals surface area contributed by atoms with Crippen molar-refractivity contribution in [2.24, 2.45) is 0 Å². The van der Waals surface area contributed by atoms with E-state index in [1.807, 2.05) is 60.7 Å². The molecule has 0 amide bonds. The Morgan fingerprint density at radius 1 is 0.459 bits per heavy atom. The molecule has 7 heteroatoms. The maximum absolute atomic E-state index is 6.26. The molecule has 0 aliphatic heterocycles. The van der Waals surface area contributed by atoms with Crippen LogP contribution in [0.4, 0.5) is 17.3 Å². The molecule has 0 bridgehead atoms. The molecule has 0 saturated carbocycles. The van der Waals surface area contributed by atoms with Gasteiger partial charge in [0.15, 0.2) is 11.6 Å². The summed E-state index contributed by atoms with van der Waals surface area (Å²) in [6, 6.07) is 59.5. The van der Waals surface area contributed by atoms with E-state index < -0.39 is 0 Å². The number of nitrogens with zero attached hydrogens (tertiary/aromatic N) is 4. The molecule has 0 atom stereocenters. The van der Waals surface area contributed by atoms with E-state index in [-0.39, 0.29) is 5.41 Å². The summed E-state index contributed by atoms with van der Waals surface area (Å²) in [7, 11) is 0. The number of anilines is 3. The lowest BCUT2D eigenvalue weighted by atomic mass is 9.82. The van der Waals surface area contributed by atoms with Gasteiger partial charge in [-0.05, 0) is 101 Å². The topological polar surface area (TPSA) is 68.2 Å². The second-order valence-corrected chi connectivity index (χ2v) is 17.5. The van der Waals surface area contributed by atoms with Gasteiger partial charge >= 0.3 is 0 Å². The quantitative estimate of drug-likeness (QED) is 0.173. The molecule has 8 aromatic carbocycles. The number of fused-ring (bicyclic) bond motifs is 12. The molecule has 1 aliphatic carbocycles. The Labute approximate surface area is 354 Å². The second-order valence-electron chi connectivity index (χ2n) is 16.4. The Balaban J connectivity index is 1.10. The van der Waals surface area contributed by atoms with Crippen molar-refractivity contribution in [1.29, 1.82) is 0 Å². The molecule has 0 unspecified atom stereocenters. The van der Waals surface area contributed by atoms with E-state index in [1.165, 1.54) is 37.0 Å². The van der Waals surface area contributed by atoms with Crippen molar-refractivity contribution in [2.75, 3.05) is 4.90 Å². The minimum atomic E-state index is -0.213. The zero-order chi connectivity index (χ0) is 40.4. The number of hydrogen-bond acceptors (Lipinski definition) is 7. The average Bonchev–Trinajstić information content (AvgIpc) is 4.04. The fourth-order valence-corrected chi connectivity index (χ4v) is 10.7. The lowest BCUT2D eigenvalue weighted by Gasteiger charge is -2.27. The summed E-state index contributed by atoms with van der Waals surface area (Å²) in [4.78, 5) is 18.4. The summed E-state index contributed by atoms with van der Waals surface area (Å²) in [5.74, 6) is 1.64. The minimum absolute atomic E-state index is 0.213. The van der Waals surface area contributed by atoms with Gasteiger partial charge in [0.05, 0.1) is 5.69 Å². The van der Waals surface area contributed by atoms with Crippen LogP contribution in [0.25, 0.3) is 98.0 Å². The standard InChI is InChI=1S/C54H34N4O2S/c1-54(2)41-16-7-3-12-34(41)35-25-24-33(30-42(35)54)58(43-17-11-21-49-50(43)38-15-6-10-20-48(38)61-49)53-56-51(31-22-26-46-39(28-31)36-13-4-8-18-44(36)59-46)55-52(57-53)32-23-27-47-40(29-32)37-14-5-9-19-45(37)60-47/h3-30H,1-2H3. The van der Waals surface area contributed by atoms with Crippen molar-refractivity contribution < 1.29 is 8.83 Å². The van der Waals surface area contributed by atoms with Crippen molar-refractivity contribution in [3.05, 3.63) is 181 Å². The third-order valence-electron chi connectivity index (χ3n) is 12.5. The summed E-state index contributed by atoms with van der Waals surface area (Å²) in [5, 5.41) is 6.47. The third-order valence-corrected chi connectivity index (χ3v) is 13.7. The predicted molar refractivity (Wildman–Crippen MR) is 250 cm³/mol. The lowest BCUT2D eigenvalue weighted by molar-refractivity contribution is 0.660. The van der Waals surface area contributed by atoms with Crippen LogP contribution in [0, 0.1) is 0 Å². The Morgan fingerprint density at radius 3 is 1.74 bits per heavy atom. The maximum atomic E-state index is 6.26. The fourth-order valence-electron chi connectivity index (χ4n) is 9.59. The van der Waals surface area contributed by atoms with Crippen molar-refractivity contribution in [3.63, 3.8) is 0 Å². The van der Waals surface area contributed by atoms with Gasteiger partial charge in [0.25, 0.3) is 0 Å². The number of benzene rings is 8. The van der Waals surface area contributed by atoms with Crippen molar-refractivity contribution in [1.82, 2.24) is 15.0 Å². The molecule has 0 spiro atoms. The van der Waals surface area contributed by atoms with Crippen molar-refractivity contribution in [2.45, 2.75) is 19.3 Å². The molecule has 13 rings (SSSR count). The molecular formula is C54H34N4O2S. The zero-order valence-corrected chi connectivity index (χ0v) is 34.0. The molecule has 6 nitrogen and oxygen atoms in total. The zero-order valence-electron chi connectivity index (χ0n) is 33.2. The van der Waals surface area contributed by atoms with Crippen LogP contribution in [0.5, 0.6) is 0 Å². The summed E-state index contributed by atoms with van der Waals surface area (Å²) >= 11 is 1.80. The fraction of sp³-hybridized carbons (Fsp3) is 0.0556. The highest BCUT2D eigenvalue weighted by Crippen LogP contribution is 2.52. The molecule has 61 heavy (non-hydrogen) atoms. The van der Waals surface area contributed by atoms with Gasteiger partial charge in [0.2, 0.25) is 5.95 Å². The molecule has 288 valence electrons. The van der Waals surface area contributed by atoms with Crippen LogP contribution in [-0.4, -0.2) is 15.0 Å². The summed E-state index contributed by atoms with van der Waals surface area (Å²) < 4.78 is 14.9. The number of rotatable bonds is 5. The van der Waals surface area contributed by atoms with Gasteiger partial charge in [-0.15, -0.1) is 11.3 Å². The smallest absolute Gasteiger partial charge is 0.238 e. The first-order valence-electron chi connectivity index (χ1n) is 20.5. The van der Waals surface area contributed by atoms with Crippen LogP contribution in [0.3, 0.4) is 0 Å². The molecule has 0 radical (unpaired) electrons. The van der Waals surface area contributed by atoms with Gasteiger partial charge in [-0.25, -0.2) is 4.98 Å². The summed E-state index contributed by atoms with van der Waals surface area (Å²) in [6.07, 6.45) is 0. The number of thiophene rings is 1. The first-order chi connectivity index (χ1) is 30.0. The van der Waals surface area contributed by atoms with Gasteiger partial charge in [-0.1, -0.05) is 105 Å². The van der Waals surface area contributed by atoms with Gasteiger partial charge in [-0.2, -0.15) is 9.97 Å². The Bertz CT molecular complexity index is 3650. The SMILES string of the molecule is CC1(C)c2ccccc2-c2ccc(N(c3nc(-c4ccc5oc6ccccc6c5c4)nc(-c4ccc5oc6ccccc6c5c4)n3)c3cccc4sc5ccccc5c34)cc21. The molecule has 12 aromatic rings. The first-order valence-corrected chi connectivity index (χ1v) is 21.3. The Kier molecular flexibility index (Phi) is 7.13. The molecule has 0 fully saturated rings. The van der Waals surface area contributed by atoms with Gasteiger partial charge in [-0.3, -0.25) is 4.90 Å². The van der Waals surface area contributed by atoms with Crippen LogP contribution in [0.1, 0.15) is 25.0 Å². The van der Waals surface area contributed by atoms with Gasteiger partial charge in [0.1, 0.15) is 22.3 Å². The van der Waals surface area contributed by atoms with Crippen LogP contribution in [0.15, 0.2) is 179 Å². The van der Waals surface area contributed by atoms with Crippen molar-refractivity contribution in [3.8, 4) is 33.9 Å². The Morgan fingerprint density at radius 2 is 1.03 bits per heavy atom. The molecule has 0 N–H and O–H groups in total. The van der Waals surface area contributed by atoms with E-state index in [0.717, 1.165) is 71.8 Å². The largest absolute Gasteiger partial charge is 0.456 e. The second kappa shape index (κ2) is 12.7. The van der Waals surface area contributed by atoms with E-state index in [0.29, 0.717) is 17.6 Å². The van der Waals surface area contributed by atoms with Crippen LogP contribution in [0.2, 0.25) is 0 Å². The lowest BCUT2D eigenvalue weighted by Crippen LogP contribution is -2.18. The highest BCUT2D eigenvalue weighted by molar-refractivity contribution is 7.26. The van der Waals surface area contributed by atoms with Crippen LogP contribution in [-0.2, 0) is 5.41 Å². The monoisotopic (exact) mass is 802 g/mol. The minimum Gasteiger partial charge on any atom is -0.456 e. The molecule has 4 aromatic heterocycles. The highest BCUT2D eigenvalue weighted by atomic mass is 32.1. The average molecular weight is 803 g/mol. The third kappa shape index (κ3) is 5.11. The summed E-state index contributed by atoms with van der Waals surface area (Å²) in [6.45, 7) is 4.65. The highest BCUT2D eigenvalue weighted by Gasteiger charge is 2.36. The predicted octanol–water partition coefficient (Wildman–Crippen LogP) is 15.1. The number of furan rings is 2. The van der Waals surface area contributed by atoms with Gasteiger partial charge < -0.3 is 8.83 Å². The first kappa shape index (κ1) is 34.3. The summed E-state index contributed by atoms with van der Waals surface area (Å²) in [5.41, 5.74) is 11.9. The molecule has 0 saturated heterocycles. The van der Waals surface area contributed by atoms with E-state index in [4.69, 9.17) is 23.8 Å². The number of hydrogen-bond donors (Lipinski definition) is 0. The van der Waals surface area contributed by atoms with E-state index in [9.17, 15) is 0 Å². The van der Waals surface area contributed by atoms with Gasteiger partial charge in [0, 0.05) is 63.9 Å². The van der Waals surface area contributed by atoms with E-state index in [1.54, 1.807) is 11.3 Å². The van der Waals surface area contributed by atoms with Crippen LogP contribution >= 0.6 is 11.3 Å². The normalized spacial score (nSPS) is 13.2. The van der Waals surface area contributed by atoms with Crippen LogP contribution < -0.4 is 4.90 Å². The molecule has 4 heterocycles. The number of aromatic nitrogens is 3. The molecule has 1 aliphatic rings. The molecular weight excluding hydrogens is 769 g/mol. The van der Waals surface area contributed by atoms with E-state index in [2.05, 4.69) is 128 Å². The van der Waals surface area contributed by atoms with Crippen molar-refractivity contribution >= 4 is 92.7 Å². The number of para-hydroxylation sites is 2.